The van der Waals surface area contributed by atoms with Gasteiger partial charge < -0.3 is 14.3 Å². The third-order valence-electron chi connectivity index (χ3n) is 2.36. The Labute approximate surface area is 89.0 Å². The lowest BCUT2D eigenvalue weighted by Crippen LogP contribution is -1.97. The summed E-state index contributed by atoms with van der Waals surface area (Å²) >= 11 is 0. The summed E-state index contributed by atoms with van der Waals surface area (Å²) in [6, 6.07) is 5.86. The molecule has 0 radical (unpaired) electrons. The summed E-state index contributed by atoms with van der Waals surface area (Å²) < 4.78 is 11.1. The van der Waals surface area contributed by atoms with E-state index in [0.29, 0.717) is 19.6 Å². The van der Waals surface area contributed by atoms with Gasteiger partial charge in [-0.05, 0) is 24.1 Å². The first-order valence-corrected chi connectivity index (χ1v) is 5.22. The van der Waals surface area contributed by atoms with Crippen LogP contribution in [0.4, 0.5) is 0 Å². The normalized spacial score (nSPS) is 14.4. The zero-order valence-corrected chi connectivity index (χ0v) is 8.57. The third-order valence-corrected chi connectivity index (χ3v) is 2.36. The average molecular weight is 206 g/mol. The molecule has 0 atom stereocenters. The lowest BCUT2D eigenvalue weighted by molar-refractivity contribution is -0.107. The largest absolute Gasteiger partial charge is 0.490 e. The second-order valence-electron chi connectivity index (χ2n) is 3.54. The van der Waals surface area contributed by atoms with Crippen molar-refractivity contribution in [2.45, 2.75) is 19.3 Å². The minimum Gasteiger partial charge on any atom is -0.490 e. The van der Waals surface area contributed by atoms with Crippen molar-refractivity contribution in [1.29, 1.82) is 0 Å². The molecule has 1 aromatic carbocycles. The van der Waals surface area contributed by atoms with Crippen molar-refractivity contribution in [1.82, 2.24) is 0 Å². The zero-order chi connectivity index (χ0) is 10.5. The Balaban J connectivity index is 2.16. The predicted octanol–water partition coefficient (Wildman–Crippen LogP) is 1.98. The average Bonchev–Trinajstić information content (AvgIpc) is 2.50. The fourth-order valence-corrected chi connectivity index (χ4v) is 1.59. The molecule has 0 unspecified atom stereocenters. The molecule has 2 rings (SSSR count). The third kappa shape index (κ3) is 2.49. The molecule has 0 saturated carbocycles. The van der Waals surface area contributed by atoms with Crippen LogP contribution in [0.15, 0.2) is 18.2 Å². The monoisotopic (exact) mass is 206 g/mol. The fraction of sp³-hybridized carbons (Fsp3) is 0.417. The van der Waals surface area contributed by atoms with Crippen LogP contribution in [0.2, 0.25) is 0 Å². The van der Waals surface area contributed by atoms with Crippen LogP contribution in [0.3, 0.4) is 0 Å². The standard InChI is InChI=1S/C12H14O3/c13-6-1-3-10-4-5-11-12(9-10)15-8-2-7-14-11/h4-6,9H,1-3,7-8H2. The molecule has 3 nitrogen and oxygen atoms in total. The molecule has 0 spiro atoms. The first kappa shape index (κ1) is 10.0. The highest BCUT2D eigenvalue weighted by Crippen LogP contribution is 2.30. The van der Waals surface area contributed by atoms with Gasteiger partial charge in [-0.1, -0.05) is 6.07 Å². The Hall–Kier alpha value is -1.51. The van der Waals surface area contributed by atoms with E-state index in [0.717, 1.165) is 36.2 Å². The highest BCUT2D eigenvalue weighted by atomic mass is 16.5. The second kappa shape index (κ2) is 4.82. The Morgan fingerprint density at radius 3 is 2.80 bits per heavy atom. The number of ether oxygens (including phenoxy) is 2. The van der Waals surface area contributed by atoms with Crippen molar-refractivity contribution >= 4 is 6.29 Å². The molecule has 0 aliphatic carbocycles. The van der Waals surface area contributed by atoms with Gasteiger partial charge >= 0.3 is 0 Å². The molecule has 3 heteroatoms. The Kier molecular flexibility index (Phi) is 3.22. The first-order chi connectivity index (χ1) is 7.40. The van der Waals surface area contributed by atoms with E-state index in [2.05, 4.69) is 0 Å². The van der Waals surface area contributed by atoms with Gasteiger partial charge in [-0.3, -0.25) is 0 Å². The molecule has 0 aromatic heterocycles. The number of aryl methyl sites for hydroxylation is 1. The van der Waals surface area contributed by atoms with E-state index in [-0.39, 0.29) is 0 Å². The van der Waals surface area contributed by atoms with Crippen molar-refractivity contribution in [3.05, 3.63) is 23.8 Å². The molecule has 15 heavy (non-hydrogen) atoms. The summed E-state index contributed by atoms with van der Waals surface area (Å²) in [6.45, 7) is 1.41. The Morgan fingerprint density at radius 1 is 1.20 bits per heavy atom. The van der Waals surface area contributed by atoms with Crippen molar-refractivity contribution < 1.29 is 14.3 Å². The maximum Gasteiger partial charge on any atom is 0.161 e. The summed E-state index contributed by atoms with van der Waals surface area (Å²) in [5.41, 5.74) is 1.12. The van der Waals surface area contributed by atoms with Crippen LogP contribution in [-0.4, -0.2) is 19.5 Å². The van der Waals surface area contributed by atoms with Crippen LogP contribution >= 0.6 is 0 Å². The molecule has 0 saturated heterocycles. The van der Waals surface area contributed by atoms with Gasteiger partial charge in [0.1, 0.15) is 6.29 Å². The van der Waals surface area contributed by atoms with Crippen LogP contribution in [-0.2, 0) is 11.2 Å². The molecule has 0 fully saturated rings. The SMILES string of the molecule is O=CCCc1ccc2c(c1)OCCCO2. The van der Waals surface area contributed by atoms with Gasteiger partial charge in [0.2, 0.25) is 0 Å². The quantitative estimate of drug-likeness (QED) is 0.709. The highest BCUT2D eigenvalue weighted by molar-refractivity contribution is 5.51. The van der Waals surface area contributed by atoms with E-state index >= 15 is 0 Å². The van der Waals surface area contributed by atoms with Gasteiger partial charge in [0, 0.05) is 12.8 Å². The lowest BCUT2D eigenvalue weighted by atomic mass is 10.1. The van der Waals surface area contributed by atoms with Crippen LogP contribution in [0.25, 0.3) is 0 Å². The lowest BCUT2D eigenvalue weighted by Gasteiger charge is -2.08. The molecular weight excluding hydrogens is 192 g/mol. The van der Waals surface area contributed by atoms with Gasteiger partial charge in [-0.25, -0.2) is 0 Å². The van der Waals surface area contributed by atoms with Crippen LogP contribution in [0, 0.1) is 0 Å². The van der Waals surface area contributed by atoms with Gasteiger partial charge in [0.15, 0.2) is 11.5 Å². The molecule has 1 aliphatic heterocycles. The smallest absolute Gasteiger partial charge is 0.161 e. The van der Waals surface area contributed by atoms with E-state index in [1.54, 1.807) is 0 Å². The van der Waals surface area contributed by atoms with Gasteiger partial charge in [-0.2, -0.15) is 0 Å². The summed E-state index contributed by atoms with van der Waals surface area (Å²) in [6.07, 6.45) is 3.17. The molecule has 0 bridgehead atoms. The van der Waals surface area contributed by atoms with Crippen LogP contribution < -0.4 is 9.47 Å². The minimum absolute atomic E-state index is 0.555. The molecular formula is C12H14O3. The fourth-order valence-electron chi connectivity index (χ4n) is 1.59. The number of hydrogen-bond acceptors (Lipinski definition) is 3. The van der Waals surface area contributed by atoms with Crippen molar-refractivity contribution in [3.8, 4) is 11.5 Å². The second-order valence-corrected chi connectivity index (χ2v) is 3.54. The summed E-state index contributed by atoms with van der Waals surface area (Å²) in [5, 5.41) is 0. The minimum atomic E-state index is 0.555. The molecule has 1 aromatic rings. The number of hydrogen-bond donors (Lipinski definition) is 0. The molecule has 1 aliphatic rings. The maximum absolute atomic E-state index is 10.3. The Bertz CT molecular complexity index is 347. The summed E-state index contributed by atoms with van der Waals surface area (Å²) in [5.74, 6) is 1.61. The van der Waals surface area contributed by atoms with E-state index in [1.165, 1.54) is 0 Å². The maximum atomic E-state index is 10.3. The van der Waals surface area contributed by atoms with E-state index in [9.17, 15) is 4.79 Å². The Morgan fingerprint density at radius 2 is 2.00 bits per heavy atom. The number of rotatable bonds is 3. The first-order valence-electron chi connectivity index (χ1n) is 5.22. The topological polar surface area (TPSA) is 35.5 Å². The number of fused-ring (bicyclic) bond motifs is 1. The van der Waals surface area contributed by atoms with Crippen LogP contribution in [0.5, 0.6) is 11.5 Å². The van der Waals surface area contributed by atoms with E-state index < -0.39 is 0 Å². The van der Waals surface area contributed by atoms with Crippen LogP contribution in [0.1, 0.15) is 18.4 Å². The van der Waals surface area contributed by atoms with Gasteiger partial charge in [0.25, 0.3) is 0 Å². The molecule has 1 heterocycles. The molecule has 0 amide bonds. The summed E-state index contributed by atoms with van der Waals surface area (Å²) in [7, 11) is 0. The molecule has 0 N–H and O–H groups in total. The van der Waals surface area contributed by atoms with Gasteiger partial charge in [0.05, 0.1) is 13.2 Å². The van der Waals surface area contributed by atoms with Crippen molar-refractivity contribution in [2.24, 2.45) is 0 Å². The molecule has 80 valence electrons. The van der Waals surface area contributed by atoms with Crippen molar-refractivity contribution in [3.63, 3.8) is 0 Å². The number of carbonyl (C=O) groups is 1. The highest BCUT2D eigenvalue weighted by Gasteiger charge is 2.10. The van der Waals surface area contributed by atoms with Crippen molar-refractivity contribution in [2.75, 3.05) is 13.2 Å². The summed E-state index contributed by atoms with van der Waals surface area (Å²) in [4.78, 5) is 10.3. The number of aldehydes is 1. The number of carbonyl (C=O) groups excluding carboxylic acids is 1. The van der Waals surface area contributed by atoms with E-state index in [1.807, 2.05) is 18.2 Å². The zero-order valence-electron chi connectivity index (χ0n) is 8.57. The van der Waals surface area contributed by atoms with Gasteiger partial charge in [-0.15, -0.1) is 0 Å². The van der Waals surface area contributed by atoms with E-state index in [4.69, 9.17) is 9.47 Å². The number of benzene rings is 1. The predicted molar refractivity (Wildman–Crippen MR) is 56.4 cm³/mol.